The summed E-state index contributed by atoms with van der Waals surface area (Å²) < 4.78 is 5.54. The van der Waals surface area contributed by atoms with Crippen LogP contribution in [-0.2, 0) is 11.3 Å². The van der Waals surface area contributed by atoms with Crippen molar-refractivity contribution in [2.45, 2.75) is 32.4 Å². The molecule has 1 aliphatic rings. The minimum Gasteiger partial charge on any atom is -0.394 e. The van der Waals surface area contributed by atoms with Gasteiger partial charge in [-0.1, -0.05) is 11.6 Å². The molecule has 1 aromatic heterocycles. The van der Waals surface area contributed by atoms with Gasteiger partial charge in [-0.05, 0) is 25.8 Å². The van der Waals surface area contributed by atoms with Gasteiger partial charge in [-0.3, -0.25) is 4.90 Å². The van der Waals surface area contributed by atoms with Crippen molar-refractivity contribution >= 4 is 11.6 Å². The van der Waals surface area contributed by atoms with Gasteiger partial charge >= 0.3 is 0 Å². The van der Waals surface area contributed by atoms with Crippen molar-refractivity contribution in [1.29, 1.82) is 0 Å². The summed E-state index contributed by atoms with van der Waals surface area (Å²) >= 11 is 5.93. The molecule has 1 fully saturated rings. The van der Waals surface area contributed by atoms with Gasteiger partial charge in [0.15, 0.2) is 0 Å². The molecule has 0 unspecified atom stereocenters. The fourth-order valence-corrected chi connectivity index (χ4v) is 2.57. The molecule has 0 aromatic carbocycles. The van der Waals surface area contributed by atoms with Crippen LogP contribution in [0.2, 0.25) is 5.15 Å². The van der Waals surface area contributed by atoms with E-state index in [0.717, 1.165) is 44.0 Å². The Bertz CT molecular complexity index is 389. The molecule has 1 aromatic rings. The Labute approximate surface area is 118 Å². The first kappa shape index (κ1) is 14.7. The summed E-state index contributed by atoms with van der Waals surface area (Å²) in [5.41, 5.74) is 0.899. The van der Waals surface area contributed by atoms with Gasteiger partial charge in [0.05, 0.1) is 25.9 Å². The third kappa shape index (κ3) is 4.69. The molecule has 2 heterocycles. The lowest BCUT2D eigenvalue weighted by Gasteiger charge is -2.31. The second kappa shape index (κ2) is 7.14. The first-order chi connectivity index (χ1) is 9.17. The number of nitrogens with zero attached hydrogens (tertiary/aromatic N) is 3. The van der Waals surface area contributed by atoms with Crippen LogP contribution in [0.3, 0.4) is 0 Å². The molecule has 1 aliphatic heterocycles. The van der Waals surface area contributed by atoms with Crippen LogP contribution < -0.4 is 0 Å². The fourth-order valence-electron chi connectivity index (χ4n) is 2.31. The topological polar surface area (TPSA) is 58.5 Å². The average molecular weight is 286 g/mol. The molecule has 2 rings (SSSR count). The molecule has 0 bridgehead atoms. The summed E-state index contributed by atoms with van der Waals surface area (Å²) in [7, 11) is 0. The molecule has 0 spiro atoms. The summed E-state index contributed by atoms with van der Waals surface area (Å²) in [5.74, 6) is 0.778. The number of aryl methyl sites for hydroxylation is 1. The number of rotatable bonds is 5. The third-order valence-corrected chi connectivity index (χ3v) is 3.41. The summed E-state index contributed by atoms with van der Waals surface area (Å²) in [6.07, 6.45) is 2.24. The average Bonchev–Trinajstić information content (AvgIpc) is 2.37. The molecule has 0 radical (unpaired) electrons. The molecular weight excluding hydrogens is 266 g/mol. The van der Waals surface area contributed by atoms with E-state index in [-0.39, 0.29) is 12.7 Å². The van der Waals surface area contributed by atoms with Crippen molar-refractivity contribution in [2.75, 3.05) is 26.3 Å². The zero-order valence-corrected chi connectivity index (χ0v) is 11.9. The van der Waals surface area contributed by atoms with E-state index < -0.39 is 0 Å². The van der Waals surface area contributed by atoms with Gasteiger partial charge < -0.3 is 9.84 Å². The molecule has 0 aliphatic carbocycles. The maximum Gasteiger partial charge on any atom is 0.144 e. The summed E-state index contributed by atoms with van der Waals surface area (Å²) in [5, 5.41) is 9.23. The Morgan fingerprint density at radius 2 is 2.16 bits per heavy atom. The SMILES string of the molecule is Cc1cc(Cl)nc(CN2CCC(OCCO)CC2)n1. The van der Waals surface area contributed by atoms with E-state index in [0.29, 0.717) is 11.8 Å². The molecule has 1 saturated heterocycles. The summed E-state index contributed by atoms with van der Waals surface area (Å²) in [6, 6.07) is 1.76. The number of aliphatic hydroxyl groups is 1. The first-order valence-electron chi connectivity index (χ1n) is 6.62. The van der Waals surface area contributed by atoms with Crippen molar-refractivity contribution in [3.8, 4) is 0 Å². The van der Waals surface area contributed by atoms with E-state index >= 15 is 0 Å². The quantitative estimate of drug-likeness (QED) is 0.829. The molecule has 19 heavy (non-hydrogen) atoms. The standard InChI is InChI=1S/C13H20ClN3O2/c1-10-8-12(14)16-13(15-10)9-17-4-2-11(3-5-17)19-7-6-18/h8,11,18H,2-7,9H2,1H3. The van der Waals surface area contributed by atoms with E-state index in [1.54, 1.807) is 6.07 Å². The van der Waals surface area contributed by atoms with Crippen LogP contribution in [0.5, 0.6) is 0 Å². The lowest BCUT2D eigenvalue weighted by molar-refractivity contribution is -0.00939. The van der Waals surface area contributed by atoms with E-state index in [2.05, 4.69) is 14.9 Å². The number of ether oxygens (including phenoxy) is 1. The number of hydrogen-bond donors (Lipinski definition) is 1. The largest absolute Gasteiger partial charge is 0.394 e. The molecule has 0 atom stereocenters. The highest BCUT2D eigenvalue weighted by Crippen LogP contribution is 2.16. The van der Waals surface area contributed by atoms with E-state index in [1.165, 1.54) is 0 Å². The predicted molar refractivity (Wildman–Crippen MR) is 73.1 cm³/mol. The molecule has 0 saturated carbocycles. The van der Waals surface area contributed by atoms with Crippen LogP contribution in [0.4, 0.5) is 0 Å². The minimum atomic E-state index is 0.0931. The van der Waals surface area contributed by atoms with Gasteiger partial charge in [0, 0.05) is 18.8 Å². The summed E-state index contributed by atoms with van der Waals surface area (Å²) in [6.45, 7) is 5.10. The Balaban J connectivity index is 1.82. The smallest absolute Gasteiger partial charge is 0.144 e. The van der Waals surface area contributed by atoms with Gasteiger partial charge in [0.2, 0.25) is 0 Å². The number of halogens is 1. The predicted octanol–water partition coefficient (Wildman–Crippen LogP) is 1.41. The van der Waals surface area contributed by atoms with Crippen molar-refractivity contribution in [1.82, 2.24) is 14.9 Å². The van der Waals surface area contributed by atoms with Gasteiger partial charge in [-0.25, -0.2) is 9.97 Å². The number of likely N-dealkylation sites (tertiary alicyclic amines) is 1. The highest BCUT2D eigenvalue weighted by atomic mass is 35.5. The maximum atomic E-state index is 8.73. The Hall–Kier alpha value is -0.750. The van der Waals surface area contributed by atoms with Crippen molar-refractivity contribution in [2.24, 2.45) is 0 Å². The lowest BCUT2D eigenvalue weighted by Crippen LogP contribution is -2.37. The molecule has 5 nitrogen and oxygen atoms in total. The lowest BCUT2D eigenvalue weighted by atomic mass is 10.1. The van der Waals surface area contributed by atoms with E-state index in [1.807, 2.05) is 6.92 Å². The fraction of sp³-hybridized carbons (Fsp3) is 0.692. The second-order valence-corrected chi connectivity index (χ2v) is 5.21. The van der Waals surface area contributed by atoms with Crippen molar-refractivity contribution in [3.05, 3.63) is 22.7 Å². The van der Waals surface area contributed by atoms with Crippen LogP contribution in [-0.4, -0.2) is 52.4 Å². The molecule has 1 N–H and O–H groups in total. The monoisotopic (exact) mass is 285 g/mol. The zero-order chi connectivity index (χ0) is 13.7. The Morgan fingerprint density at radius 1 is 1.42 bits per heavy atom. The highest BCUT2D eigenvalue weighted by molar-refractivity contribution is 6.29. The number of aliphatic hydroxyl groups excluding tert-OH is 1. The second-order valence-electron chi connectivity index (χ2n) is 4.82. The molecule has 106 valence electrons. The first-order valence-corrected chi connectivity index (χ1v) is 7.00. The van der Waals surface area contributed by atoms with Crippen molar-refractivity contribution < 1.29 is 9.84 Å². The minimum absolute atomic E-state index is 0.0931. The van der Waals surface area contributed by atoms with Crippen molar-refractivity contribution in [3.63, 3.8) is 0 Å². The number of aromatic nitrogens is 2. The van der Waals surface area contributed by atoms with Crippen LogP contribution in [0.25, 0.3) is 0 Å². The Morgan fingerprint density at radius 3 is 2.79 bits per heavy atom. The number of piperidine rings is 1. The van der Waals surface area contributed by atoms with Crippen LogP contribution >= 0.6 is 11.6 Å². The normalized spacial score (nSPS) is 17.8. The van der Waals surface area contributed by atoms with Crippen LogP contribution in [0.1, 0.15) is 24.4 Å². The van der Waals surface area contributed by atoms with Gasteiger partial charge in [0.25, 0.3) is 0 Å². The summed E-state index contributed by atoms with van der Waals surface area (Å²) in [4.78, 5) is 10.9. The van der Waals surface area contributed by atoms with Crippen LogP contribution in [0, 0.1) is 6.92 Å². The number of hydrogen-bond acceptors (Lipinski definition) is 5. The highest BCUT2D eigenvalue weighted by Gasteiger charge is 2.20. The molecular formula is C13H20ClN3O2. The van der Waals surface area contributed by atoms with E-state index in [4.69, 9.17) is 21.4 Å². The van der Waals surface area contributed by atoms with E-state index in [9.17, 15) is 0 Å². The molecule has 0 amide bonds. The van der Waals surface area contributed by atoms with Crippen LogP contribution in [0.15, 0.2) is 6.07 Å². The van der Waals surface area contributed by atoms with Gasteiger partial charge in [0.1, 0.15) is 11.0 Å². The zero-order valence-electron chi connectivity index (χ0n) is 11.2. The maximum absolute atomic E-state index is 8.73. The Kier molecular flexibility index (Phi) is 5.51. The van der Waals surface area contributed by atoms with Gasteiger partial charge in [-0.2, -0.15) is 0 Å². The third-order valence-electron chi connectivity index (χ3n) is 3.21. The molecule has 6 heteroatoms. The van der Waals surface area contributed by atoms with Gasteiger partial charge in [-0.15, -0.1) is 0 Å².